The molecule has 4 nitrogen and oxygen atoms in total. The lowest BCUT2D eigenvalue weighted by Gasteiger charge is -2.28. The zero-order valence-corrected chi connectivity index (χ0v) is 9.06. The van der Waals surface area contributed by atoms with Crippen molar-refractivity contribution in [2.45, 2.75) is 44.2 Å². The number of carbonyl (C=O) groups is 1. The monoisotopic (exact) mass is 212 g/mol. The smallest absolute Gasteiger partial charge is 0.320 e. The van der Waals surface area contributed by atoms with Crippen molar-refractivity contribution in [2.24, 2.45) is 11.7 Å². The van der Waals surface area contributed by atoms with Crippen LogP contribution in [0.5, 0.6) is 0 Å². The summed E-state index contributed by atoms with van der Waals surface area (Å²) in [6.07, 6.45) is 5.47. The van der Waals surface area contributed by atoms with E-state index in [4.69, 9.17) is 5.73 Å². The molecule has 2 aliphatic rings. The van der Waals surface area contributed by atoms with Crippen molar-refractivity contribution in [3.05, 3.63) is 0 Å². The van der Waals surface area contributed by atoms with Crippen molar-refractivity contribution in [2.75, 3.05) is 13.1 Å². The topological polar surface area (TPSA) is 66.6 Å². The lowest BCUT2D eigenvalue weighted by molar-refractivity contribution is -0.143. The van der Waals surface area contributed by atoms with Gasteiger partial charge < -0.3 is 10.8 Å². The van der Waals surface area contributed by atoms with Crippen LogP contribution in [0.1, 0.15) is 32.1 Å². The van der Waals surface area contributed by atoms with Gasteiger partial charge in [-0.05, 0) is 44.6 Å². The van der Waals surface area contributed by atoms with Gasteiger partial charge in [0.05, 0.1) is 0 Å². The summed E-state index contributed by atoms with van der Waals surface area (Å²) in [5.41, 5.74) is 5.48. The van der Waals surface area contributed by atoms with Crippen LogP contribution >= 0.6 is 0 Å². The van der Waals surface area contributed by atoms with Gasteiger partial charge in [0.1, 0.15) is 6.04 Å². The van der Waals surface area contributed by atoms with E-state index in [0.29, 0.717) is 19.0 Å². The minimum atomic E-state index is -0.701. The maximum absolute atomic E-state index is 11.2. The lowest BCUT2D eigenvalue weighted by atomic mass is 10.1. The first-order chi connectivity index (χ1) is 7.22. The third kappa shape index (κ3) is 2.92. The molecule has 1 atom stereocenters. The summed E-state index contributed by atoms with van der Waals surface area (Å²) >= 11 is 0. The molecule has 0 aliphatic heterocycles. The standard InChI is InChI=1S/C11H20N2O2/c12-6-5-10(11(14)15)13(9-3-4-9)7-8-1-2-8/h8-10H,1-7,12H2,(H,14,15). The van der Waals surface area contributed by atoms with Gasteiger partial charge in [-0.3, -0.25) is 9.69 Å². The Hall–Kier alpha value is -0.610. The molecule has 0 heterocycles. The SMILES string of the molecule is NCCC(C(=O)O)N(CC1CC1)C1CC1. The first-order valence-electron chi connectivity index (χ1n) is 5.91. The van der Waals surface area contributed by atoms with Crippen molar-refractivity contribution in [3.63, 3.8) is 0 Å². The van der Waals surface area contributed by atoms with Crippen molar-refractivity contribution in [3.8, 4) is 0 Å². The molecule has 0 amide bonds. The molecular weight excluding hydrogens is 192 g/mol. The van der Waals surface area contributed by atoms with Crippen LogP contribution < -0.4 is 5.73 Å². The molecule has 4 heteroatoms. The number of carboxylic acids is 1. The van der Waals surface area contributed by atoms with E-state index >= 15 is 0 Å². The van der Waals surface area contributed by atoms with Gasteiger partial charge in [0.2, 0.25) is 0 Å². The first-order valence-corrected chi connectivity index (χ1v) is 5.91. The Kier molecular flexibility index (Phi) is 3.26. The van der Waals surface area contributed by atoms with Crippen molar-refractivity contribution < 1.29 is 9.90 Å². The van der Waals surface area contributed by atoms with E-state index in [2.05, 4.69) is 4.90 Å². The third-order valence-corrected chi connectivity index (χ3v) is 3.31. The molecule has 0 bridgehead atoms. The van der Waals surface area contributed by atoms with Crippen LogP contribution in [-0.2, 0) is 4.79 Å². The molecular formula is C11H20N2O2. The number of rotatable bonds is 7. The van der Waals surface area contributed by atoms with Gasteiger partial charge in [-0.2, -0.15) is 0 Å². The minimum Gasteiger partial charge on any atom is -0.480 e. The van der Waals surface area contributed by atoms with Crippen molar-refractivity contribution in [1.29, 1.82) is 0 Å². The van der Waals surface area contributed by atoms with Gasteiger partial charge in [0.25, 0.3) is 0 Å². The van der Waals surface area contributed by atoms with Gasteiger partial charge in [0.15, 0.2) is 0 Å². The number of aliphatic carboxylic acids is 1. The molecule has 0 spiro atoms. The molecule has 2 fully saturated rings. The zero-order valence-electron chi connectivity index (χ0n) is 9.06. The van der Waals surface area contributed by atoms with E-state index < -0.39 is 5.97 Å². The van der Waals surface area contributed by atoms with E-state index in [1.54, 1.807) is 0 Å². The van der Waals surface area contributed by atoms with Gasteiger partial charge in [-0.15, -0.1) is 0 Å². The second kappa shape index (κ2) is 4.49. The Balaban J connectivity index is 1.94. The maximum Gasteiger partial charge on any atom is 0.320 e. The molecule has 0 radical (unpaired) electrons. The summed E-state index contributed by atoms with van der Waals surface area (Å²) in [7, 11) is 0. The highest BCUT2D eigenvalue weighted by Crippen LogP contribution is 2.36. The Labute approximate surface area is 90.4 Å². The van der Waals surface area contributed by atoms with E-state index in [1.165, 1.54) is 25.7 Å². The average Bonchev–Trinajstić information content (AvgIpc) is 3.00. The molecule has 0 aromatic carbocycles. The fourth-order valence-electron chi connectivity index (χ4n) is 2.12. The van der Waals surface area contributed by atoms with Crippen LogP contribution in [0, 0.1) is 5.92 Å². The Morgan fingerprint density at radius 1 is 1.40 bits per heavy atom. The third-order valence-electron chi connectivity index (χ3n) is 3.31. The normalized spacial score (nSPS) is 23.1. The highest BCUT2D eigenvalue weighted by Gasteiger charge is 2.39. The maximum atomic E-state index is 11.2. The molecule has 2 aliphatic carbocycles. The van der Waals surface area contributed by atoms with Gasteiger partial charge >= 0.3 is 5.97 Å². The van der Waals surface area contributed by atoms with Gasteiger partial charge in [-0.25, -0.2) is 0 Å². The predicted octanol–water partition coefficient (Wildman–Crippen LogP) is 0.663. The molecule has 2 rings (SSSR count). The van der Waals surface area contributed by atoms with Crippen LogP contribution in [0.25, 0.3) is 0 Å². The molecule has 86 valence electrons. The summed E-state index contributed by atoms with van der Waals surface area (Å²) in [4.78, 5) is 13.4. The number of hydrogen-bond donors (Lipinski definition) is 2. The summed E-state index contributed by atoms with van der Waals surface area (Å²) in [6.45, 7) is 1.44. The van der Waals surface area contributed by atoms with Crippen LogP contribution in [-0.4, -0.2) is 41.1 Å². The van der Waals surface area contributed by atoms with Crippen LogP contribution in [0.3, 0.4) is 0 Å². The zero-order chi connectivity index (χ0) is 10.8. The Morgan fingerprint density at radius 3 is 2.47 bits per heavy atom. The van der Waals surface area contributed by atoms with E-state index in [9.17, 15) is 9.90 Å². The minimum absolute atomic E-state index is 0.344. The summed E-state index contributed by atoms with van der Waals surface area (Å²) < 4.78 is 0. The largest absolute Gasteiger partial charge is 0.480 e. The highest BCUT2D eigenvalue weighted by atomic mass is 16.4. The highest BCUT2D eigenvalue weighted by molar-refractivity contribution is 5.73. The van der Waals surface area contributed by atoms with Gasteiger partial charge in [0, 0.05) is 12.6 Å². The second-order valence-corrected chi connectivity index (χ2v) is 4.80. The Bertz CT molecular complexity index is 237. The van der Waals surface area contributed by atoms with E-state index in [1.807, 2.05) is 0 Å². The fourth-order valence-corrected chi connectivity index (χ4v) is 2.12. The van der Waals surface area contributed by atoms with Crippen LogP contribution in [0.4, 0.5) is 0 Å². The molecule has 0 aromatic rings. The van der Waals surface area contributed by atoms with E-state index in [-0.39, 0.29) is 6.04 Å². The second-order valence-electron chi connectivity index (χ2n) is 4.80. The number of carboxylic acid groups (broad SMARTS) is 1. The predicted molar refractivity (Wildman–Crippen MR) is 57.5 cm³/mol. The molecule has 2 saturated carbocycles. The molecule has 15 heavy (non-hydrogen) atoms. The average molecular weight is 212 g/mol. The summed E-state index contributed by atoms with van der Waals surface area (Å²) in [5, 5.41) is 9.19. The number of hydrogen-bond acceptors (Lipinski definition) is 3. The van der Waals surface area contributed by atoms with Gasteiger partial charge in [-0.1, -0.05) is 0 Å². The van der Waals surface area contributed by atoms with Crippen molar-refractivity contribution >= 4 is 5.97 Å². The van der Waals surface area contributed by atoms with Crippen molar-refractivity contribution in [1.82, 2.24) is 4.90 Å². The molecule has 1 unspecified atom stereocenters. The molecule has 0 saturated heterocycles. The van der Waals surface area contributed by atoms with E-state index in [0.717, 1.165) is 12.5 Å². The number of nitrogens with two attached hydrogens (primary N) is 1. The summed E-state index contributed by atoms with van der Waals surface area (Å²) in [6, 6.07) is 0.182. The lowest BCUT2D eigenvalue weighted by Crippen LogP contribution is -2.44. The molecule has 0 aromatic heterocycles. The number of nitrogens with zero attached hydrogens (tertiary/aromatic N) is 1. The summed E-state index contributed by atoms with van der Waals surface area (Å²) in [5.74, 6) is 0.0539. The Morgan fingerprint density at radius 2 is 2.07 bits per heavy atom. The quantitative estimate of drug-likeness (QED) is 0.650. The fraction of sp³-hybridized carbons (Fsp3) is 0.909. The van der Waals surface area contributed by atoms with Crippen LogP contribution in [0.2, 0.25) is 0 Å². The van der Waals surface area contributed by atoms with Crippen LogP contribution in [0.15, 0.2) is 0 Å². The molecule has 3 N–H and O–H groups in total. The first kappa shape index (κ1) is 10.9.